The number of ether oxygens (including phenoxy) is 2. The Hall–Kier alpha value is -4.05. The molecule has 9 nitrogen and oxygen atoms in total. The highest BCUT2D eigenvalue weighted by molar-refractivity contribution is 7.90. The summed E-state index contributed by atoms with van der Waals surface area (Å²) in [5, 5.41) is 2.60. The molecule has 1 aliphatic heterocycles. The molecule has 194 valence electrons. The molecular weight excluding hydrogens is 494 g/mol. The van der Waals surface area contributed by atoms with E-state index in [1.165, 1.54) is 6.07 Å². The number of benzene rings is 3. The minimum atomic E-state index is -4.13. The average Bonchev–Trinajstić information content (AvgIpc) is 2.90. The first-order valence-corrected chi connectivity index (χ1v) is 13.3. The molecule has 1 heterocycles. The van der Waals surface area contributed by atoms with Crippen molar-refractivity contribution in [3.63, 3.8) is 0 Å². The van der Waals surface area contributed by atoms with Gasteiger partial charge in [0.1, 0.15) is 24.1 Å². The molecule has 2 N–H and O–H groups in total. The first-order valence-electron chi connectivity index (χ1n) is 11.8. The third-order valence-electron chi connectivity index (χ3n) is 6.07. The number of hydrogen-bond donors (Lipinski definition) is 2. The lowest BCUT2D eigenvalue weighted by atomic mass is 10.0. The minimum absolute atomic E-state index is 0.00614. The van der Waals surface area contributed by atoms with Gasteiger partial charge in [0.25, 0.3) is 10.0 Å². The summed E-state index contributed by atoms with van der Waals surface area (Å²) in [5.41, 5.74) is 2.04. The average molecular weight is 524 g/mol. The highest BCUT2D eigenvalue weighted by Crippen LogP contribution is 2.35. The van der Waals surface area contributed by atoms with Crippen LogP contribution in [0.4, 0.5) is 10.5 Å². The lowest BCUT2D eigenvalue weighted by Crippen LogP contribution is -2.53. The minimum Gasteiger partial charge on any atom is -0.497 e. The quantitative estimate of drug-likeness (QED) is 0.468. The van der Waals surface area contributed by atoms with Crippen LogP contribution in [0.15, 0.2) is 77.7 Å². The van der Waals surface area contributed by atoms with Gasteiger partial charge in [0.15, 0.2) is 0 Å². The smallest absolute Gasteiger partial charge is 0.329 e. The van der Waals surface area contributed by atoms with Crippen LogP contribution in [-0.4, -0.2) is 46.7 Å². The van der Waals surface area contributed by atoms with E-state index in [2.05, 4.69) is 5.32 Å². The molecular formula is C27H29N3O6S. The van der Waals surface area contributed by atoms with Crippen LogP contribution >= 0.6 is 0 Å². The number of anilines is 1. The zero-order valence-corrected chi connectivity index (χ0v) is 21.5. The Morgan fingerprint density at radius 3 is 2.51 bits per heavy atom. The van der Waals surface area contributed by atoms with Crippen molar-refractivity contribution < 1.29 is 27.5 Å². The number of nitrogens with zero attached hydrogens (tertiary/aromatic N) is 1. The second-order valence-electron chi connectivity index (χ2n) is 8.59. The molecule has 0 saturated heterocycles. The van der Waals surface area contributed by atoms with Crippen molar-refractivity contribution in [1.82, 2.24) is 10.0 Å². The Morgan fingerprint density at radius 1 is 1.05 bits per heavy atom. The van der Waals surface area contributed by atoms with Crippen LogP contribution in [0.2, 0.25) is 0 Å². The van der Waals surface area contributed by atoms with E-state index >= 15 is 0 Å². The highest BCUT2D eigenvalue weighted by Gasteiger charge is 2.32. The van der Waals surface area contributed by atoms with E-state index in [0.717, 1.165) is 5.56 Å². The number of methoxy groups -OCH3 is 1. The van der Waals surface area contributed by atoms with Crippen molar-refractivity contribution in [1.29, 1.82) is 0 Å². The maximum atomic E-state index is 13.7. The van der Waals surface area contributed by atoms with Crippen molar-refractivity contribution in [2.45, 2.75) is 30.7 Å². The number of carbonyl (C=O) groups excluding carboxylic acids is 2. The van der Waals surface area contributed by atoms with Gasteiger partial charge in [-0.15, -0.1) is 0 Å². The van der Waals surface area contributed by atoms with Gasteiger partial charge in [0, 0.05) is 6.07 Å². The molecule has 0 unspecified atom stereocenters. The number of rotatable bonds is 8. The third-order valence-corrected chi connectivity index (χ3v) is 7.57. The predicted octanol–water partition coefficient (Wildman–Crippen LogP) is 3.42. The van der Waals surface area contributed by atoms with Crippen molar-refractivity contribution in [3.8, 4) is 11.5 Å². The first-order chi connectivity index (χ1) is 17.8. The maximum absolute atomic E-state index is 13.7. The molecule has 0 fully saturated rings. The second kappa shape index (κ2) is 11.3. The Kier molecular flexibility index (Phi) is 7.98. The van der Waals surface area contributed by atoms with Crippen molar-refractivity contribution >= 4 is 27.6 Å². The normalized spacial score (nSPS) is 13.6. The molecule has 10 heteroatoms. The van der Waals surface area contributed by atoms with Crippen LogP contribution in [0, 0.1) is 6.92 Å². The fourth-order valence-corrected chi connectivity index (χ4v) is 5.34. The van der Waals surface area contributed by atoms with E-state index in [9.17, 15) is 18.0 Å². The Balaban J connectivity index is 1.56. The first kappa shape index (κ1) is 26.0. The molecule has 1 atom stereocenters. The molecule has 0 aliphatic carbocycles. The standard InChI is InChI=1S/C27H29N3O6S/c1-19-8-6-7-11-25(19)37(33,34)29-27(32)28-22(14-12-20-9-4-3-5-10-20)26(31)30-16-17-36-24-18-21(35-2)13-15-23(24)30/h3-11,13,15,18,22H,12,14,16-17H2,1-2H3,(H2,28,29,32)/t22-/m0/s1. The fourth-order valence-electron chi connectivity index (χ4n) is 4.18. The molecule has 0 spiro atoms. The summed E-state index contributed by atoms with van der Waals surface area (Å²) in [6.45, 7) is 2.19. The van der Waals surface area contributed by atoms with E-state index in [-0.39, 0.29) is 30.4 Å². The van der Waals surface area contributed by atoms with Crippen LogP contribution in [0.3, 0.4) is 0 Å². The molecule has 0 aromatic heterocycles. The summed E-state index contributed by atoms with van der Waals surface area (Å²) in [6.07, 6.45) is 0.769. The van der Waals surface area contributed by atoms with Crippen LogP contribution in [-0.2, 0) is 21.2 Å². The molecule has 0 bridgehead atoms. The zero-order chi connectivity index (χ0) is 26.4. The summed E-state index contributed by atoms with van der Waals surface area (Å²) in [5.74, 6) is 0.717. The van der Waals surface area contributed by atoms with Gasteiger partial charge in [-0.05, 0) is 49.1 Å². The van der Waals surface area contributed by atoms with Gasteiger partial charge in [0.2, 0.25) is 5.91 Å². The maximum Gasteiger partial charge on any atom is 0.329 e. The topological polar surface area (TPSA) is 114 Å². The molecule has 37 heavy (non-hydrogen) atoms. The van der Waals surface area contributed by atoms with Crippen LogP contribution in [0.25, 0.3) is 0 Å². The Labute approximate surface area is 216 Å². The van der Waals surface area contributed by atoms with Gasteiger partial charge in [-0.1, -0.05) is 48.5 Å². The van der Waals surface area contributed by atoms with Crippen LogP contribution in [0.5, 0.6) is 11.5 Å². The van der Waals surface area contributed by atoms with E-state index in [0.29, 0.717) is 29.2 Å². The molecule has 0 saturated carbocycles. The molecule has 3 amide bonds. The number of nitrogens with one attached hydrogen (secondary N) is 2. The van der Waals surface area contributed by atoms with Crippen LogP contribution < -0.4 is 24.4 Å². The van der Waals surface area contributed by atoms with Gasteiger partial charge in [0.05, 0.1) is 24.2 Å². The van der Waals surface area contributed by atoms with Gasteiger partial charge < -0.3 is 19.7 Å². The van der Waals surface area contributed by atoms with E-state index in [1.807, 2.05) is 35.1 Å². The number of sulfonamides is 1. The van der Waals surface area contributed by atoms with E-state index in [4.69, 9.17) is 9.47 Å². The summed E-state index contributed by atoms with van der Waals surface area (Å²) in [6, 6.07) is 19.1. The van der Waals surface area contributed by atoms with Gasteiger partial charge in [-0.3, -0.25) is 4.79 Å². The molecule has 3 aromatic carbocycles. The summed E-state index contributed by atoms with van der Waals surface area (Å²) in [7, 11) is -2.59. The lowest BCUT2D eigenvalue weighted by molar-refractivity contribution is -0.120. The molecule has 0 radical (unpaired) electrons. The molecule has 4 rings (SSSR count). The molecule has 3 aromatic rings. The predicted molar refractivity (Wildman–Crippen MR) is 139 cm³/mol. The van der Waals surface area contributed by atoms with E-state index in [1.54, 1.807) is 55.3 Å². The number of fused-ring (bicyclic) bond motifs is 1. The second-order valence-corrected chi connectivity index (χ2v) is 10.2. The van der Waals surface area contributed by atoms with E-state index < -0.39 is 22.1 Å². The number of hydrogen-bond acceptors (Lipinski definition) is 6. The summed E-state index contributed by atoms with van der Waals surface area (Å²) in [4.78, 5) is 28.1. The monoisotopic (exact) mass is 523 g/mol. The summed E-state index contributed by atoms with van der Waals surface area (Å²) >= 11 is 0. The van der Waals surface area contributed by atoms with Gasteiger partial charge >= 0.3 is 6.03 Å². The van der Waals surface area contributed by atoms with Gasteiger partial charge in [-0.25, -0.2) is 17.9 Å². The highest BCUT2D eigenvalue weighted by atomic mass is 32.2. The Bertz CT molecular complexity index is 1380. The largest absolute Gasteiger partial charge is 0.497 e. The van der Waals surface area contributed by atoms with Crippen molar-refractivity contribution in [2.75, 3.05) is 25.2 Å². The SMILES string of the molecule is COc1ccc2c(c1)OCCN2C(=O)[C@H](CCc1ccccc1)NC(=O)NS(=O)(=O)c1ccccc1C. The van der Waals surface area contributed by atoms with Crippen molar-refractivity contribution in [3.05, 3.63) is 83.9 Å². The fraction of sp³-hybridized carbons (Fsp3) is 0.259. The molecule has 1 aliphatic rings. The van der Waals surface area contributed by atoms with Gasteiger partial charge in [-0.2, -0.15) is 0 Å². The zero-order valence-electron chi connectivity index (χ0n) is 20.6. The summed E-state index contributed by atoms with van der Waals surface area (Å²) < 4.78 is 38.7. The third kappa shape index (κ3) is 6.21. The Morgan fingerprint density at radius 2 is 1.78 bits per heavy atom. The number of urea groups is 1. The number of aryl methyl sites for hydroxylation is 2. The number of carbonyl (C=O) groups is 2. The number of amides is 3. The van der Waals surface area contributed by atoms with Crippen molar-refractivity contribution in [2.24, 2.45) is 0 Å². The van der Waals surface area contributed by atoms with Crippen LogP contribution in [0.1, 0.15) is 17.5 Å². The lowest BCUT2D eigenvalue weighted by Gasteiger charge is -2.32.